The Balaban J connectivity index is 1.69. The van der Waals surface area contributed by atoms with Gasteiger partial charge in [-0.25, -0.2) is 0 Å². The molecule has 0 spiro atoms. The molecular formula is C19H18N2O3. The highest BCUT2D eigenvalue weighted by Crippen LogP contribution is 2.17. The normalized spacial score (nSPS) is 12.0. The number of carbonyl (C=O) groups excluding carboxylic acids is 1. The molecule has 3 N–H and O–H groups in total. The van der Waals surface area contributed by atoms with Crippen molar-refractivity contribution < 1.29 is 14.7 Å². The molecule has 1 aromatic heterocycles. The van der Waals surface area contributed by atoms with Gasteiger partial charge < -0.3 is 15.4 Å². The second-order valence-electron chi connectivity index (χ2n) is 5.68. The van der Waals surface area contributed by atoms with Gasteiger partial charge in [0.2, 0.25) is 0 Å². The molecule has 122 valence electrons. The summed E-state index contributed by atoms with van der Waals surface area (Å²) in [6.07, 6.45) is 2.15. The van der Waals surface area contributed by atoms with Crippen molar-refractivity contribution in [3.05, 3.63) is 71.9 Å². The Bertz CT molecular complexity index is 855. The number of hydrogen-bond donors (Lipinski definition) is 3. The van der Waals surface area contributed by atoms with Crippen LogP contribution in [0, 0.1) is 5.92 Å². The zero-order chi connectivity index (χ0) is 16.9. The van der Waals surface area contributed by atoms with Crippen LogP contribution in [0.2, 0.25) is 0 Å². The first-order valence-electron chi connectivity index (χ1n) is 7.76. The monoisotopic (exact) mass is 322 g/mol. The molecule has 0 bridgehead atoms. The van der Waals surface area contributed by atoms with Crippen LogP contribution in [0.3, 0.4) is 0 Å². The van der Waals surface area contributed by atoms with E-state index in [1.807, 2.05) is 48.5 Å². The van der Waals surface area contributed by atoms with Gasteiger partial charge in [-0.1, -0.05) is 42.5 Å². The smallest absolute Gasteiger partial charge is 0.308 e. The first-order chi connectivity index (χ1) is 11.6. The van der Waals surface area contributed by atoms with E-state index >= 15 is 0 Å². The van der Waals surface area contributed by atoms with Gasteiger partial charge in [-0.3, -0.25) is 9.59 Å². The van der Waals surface area contributed by atoms with Crippen molar-refractivity contribution >= 4 is 22.8 Å². The lowest BCUT2D eigenvalue weighted by molar-refractivity contribution is -0.141. The van der Waals surface area contributed by atoms with Gasteiger partial charge in [0.25, 0.3) is 5.91 Å². The van der Waals surface area contributed by atoms with Gasteiger partial charge in [-0.2, -0.15) is 0 Å². The molecule has 0 radical (unpaired) electrons. The Morgan fingerprint density at radius 1 is 1.04 bits per heavy atom. The van der Waals surface area contributed by atoms with Crippen molar-refractivity contribution in [2.45, 2.75) is 6.42 Å². The minimum Gasteiger partial charge on any atom is -0.481 e. The molecule has 3 aromatic rings. The molecule has 5 heteroatoms. The Morgan fingerprint density at radius 2 is 1.83 bits per heavy atom. The van der Waals surface area contributed by atoms with Gasteiger partial charge in [0.15, 0.2) is 0 Å². The zero-order valence-electron chi connectivity index (χ0n) is 13.0. The Labute approximate surface area is 139 Å². The van der Waals surface area contributed by atoms with E-state index in [0.717, 1.165) is 16.5 Å². The number of carbonyl (C=O) groups is 2. The lowest BCUT2D eigenvalue weighted by Gasteiger charge is -2.14. The SMILES string of the molecule is O=C(NC[C@@H](Cc1ccccc1)C(=O)O)c1cccc2cc[nH]c12. The molecule has 0 aliphatic carbocycles. The molecule has 24 heavy (non-hydrogen) atoms. The lowest BCUT2D eigenvalue weighted by atomic mass is 9.99. The van der Waals surface area contributed by atoms with E-state index in [9.17, 15) is 14.7 Å². The molecule has 1 heterocycles. The maximum Gasteiger partial charge on any atom is 0.308 e. The number of rotatable bonds is 6. The number of para-hydroxylation sites is 1. The number of carboxylic acid groups (broad SMARTS) is 1. The summed E-state index contributed by atoms with van der Waals surface area (Å²) in [6.45, 7) is 0.0835. The van der Waals surface area contributed by atoms with Crippen LogP contribution in [0.1, 0.15) is 15.9 Å². The topological polar surface area (TPSA) is 82.2 Å². The summed E-state index contributed by atoms with van der Waals surface area (Å²) in [6, 6.07) is 16.7. The number of aliphatic carboxylic acids is 1. The molecule has 1 amide bonds. The molecule has 2 aromatic carbocycles. The number of hydrogen-bond acceptors (Lipinski definition) is 2. The Hall–Kier alpha value is -3.08. The second kappa shape index (κ2) is 7.00. The number of aromatic nitrogens is 1. The van der Waals surface area contributed by atoms with Crippen molar-refractivity contribution in [2.75, 3.05) is 6.54 Å². The van der Waals surface area contributed by atoms with Crippen molar-refractivity contribution in [3.63, 3.8) is 0 Å². The zero-order valence-corrected chi connectivity index (χ0v) is 13.0. The van der Waals surface area contributed by atoms with Crippen molar-refractivity contribution in [1.82, 2.24) is 10.3 Å². The van der Waals surface area contributed by atoms with E-state index in [1.54, 1.807) is 12.3 Å². The third kappa shape index (κ3) is 3.46. The fraction of sp³-hybridized carbons (Fsp3) is 0.158. The lowest BCUT2D eigenvalue weighted by Crippen LogP contribution is -2.34. The average molecular weight is 322 g/mol. The summed E-state index contributed by atoms with van der Waals surface area (Å²) in [5.74, 6) is -1.86. The number of H-pyrrole nitrogens is 1. The summed E-state index contributed by atoms with van der Waals surface area (Å²) in [7, 11) is 0. The quantitative estimate of drug-likeness (QED) is 0.652. The van der Waals surface area contributed by atoms with Crippen LogP contribution < -0.4 is 5.32 Å². The Morgan fingerprint density at radius 3 is 2.58 bits per heavy atom. The van der Waals surface area contributed by atoms with Crippen LogP contribution in [0.5, 0.6) is 0 Å². The summed E-state index contributed by atoms with van der Waals surface area (Å²) in [5.41, 5.74) is 2.21. The van der Waals surface area contributed by atoms with E-state index in [1.165, 1.54) is 0 Å². The predicted molar refractivity (Wildman–Crippen MR) is 91.9 cm³/mol. The van der Waals surface area contributed by atoms with E-state index in [2.05, 4.69) is 10.3 Å². The van der Waals surface area contributed by atoms with Crippen LogP contribution >= 0.6 is 0 Å². The maximum atomic E-state index is 12.4. The largest absolute Gasteiger partial charge is 0.481 e. The average Bonchev–Trinajstić information content (AvgIpc) is 3.07. The van der Waals surface area contributed by atoms with E-state index in [-0.39, 0.29) is 12.5 Å². The molecule has 0 saturated heterocycles. The van der Waals surface area contributed by atoms with Gasteiger partial charge in [-0.05, 0) is 24.1 Å². The predicted octanol–water partition coefficient (Wildman–Crippen LogP) is 2.84. The van der Waals surface area contributed by atoms with E-state index in [4.69, 9.17) is 0 Å². The molecule has 0 saturated carbocycles. The van der Waals surface area contributed by atoms with Crippen molar-refractivity contribution in [3.8, 4) is 0 Å². The van der Waals surface area contributed by atoms with Crippen LogP contribution in [0.4, 0.5) is 0 Å². The number of amides is 1. The summed E-state index contributed by atoms with van der Waals surface area (Å²) >= 11 is 0. The number of carboxylic acids is 1. The summed E-state index contributed by atoms with van der Waals surface area (Å²) in [5, 5.41) is 13.1. The molecule has 0 fully saturated rings. The number of nitrogens with one attached hydrogen (secondary N) is 2. The third-order valence-corrected chi connectivity index (χ3v) is 4.02. The van der Waals surface area contributed by atoms with Gasteiger partial charge in [0.1, 0.15) is 0 Å². The number of fused-ring (bicyclic) bond motifs is 1. The molecule has 0 aliphatic heterocycles. The third-order valence-electron chi connectivity index (χ3n) is 4.02. The summed E-state index contributed by atoms with van der Waals surface area (Å²) in [4.78, 5) is 26.9. The standard InChI is InChI=1S/C19H18N2O3/c22-18(16-8-4-7-14-9-10-20-17(14)16)21-12-15(19(23)24)11-13-5-2-1-3-6-13/h1-10,15,20H,11-12H2,(H,21,22)(H,23,24)/t15-/m1/s1. The maximum absolute atomic E-state index is 12.4. The fourth-order valence-corrected chi connectivity index (χ4v) is 2.73. The molecule has 5 nitrogen and oxygen atoms in total. The minimum absolute atomic E-state index is 0.0835. The van der Waals surface area contributed by atoms with Crippen LogP contribution in [0.15, 0.2) is 60.8 Å². The molecule has 3 rings (SSSR count). The van der Waals surface area contributed by atoms with E-state index < -0.39 is 11.9 Å². The highest BCUT2D eigenvalue weighted by molar-refractivity contribution is 6.05. The minimum atomic E-state index is -0.919. The first-order valence-corrected chi connectivity index (χ1v) is 7.76. The molecular weight excluding hydrogens is 304 g/mol. The van der Waals surface area contributed by atoms with Crippen LogP contribution in [-0.2, 0) is 11.2 Å². The Kier molecular flexibility index (Phi) is 4.61. The fourth-order valence-electron chi connectivity index (χ4n) is 2.73. The van der Waals surface area contributed by atoms with Crippen molar-refractivity contribution in [1.29, 1.82) is 0 Å². The van der Waals surface area contributed by atoms with Crippen LogP contribution in [0.25, 0.3) is 10.9 Å². The molecule has 1 atom stereocenters. The molecule has 0 unspecified atom stereocenters. The highest BCUT2D eigenvalue weighted by Gasteiger charge is 2.20. The van der Waals surface area contributed by atoms with Gasteiger partial charge >= 0.3 is 5.97 Å². The van der Waals surface area contributed by atoms with Gasteiger partial charge in [0, 0.05) is 18.1 Å². The van der Waals surface area contributed by atoms with Crippen LogP contribution in [-0.4, -0.2) is 28.5 Å². The summed E-state index contributed by atoms with van der Waals surface area (Å²) < 4.78 is 0. The first kappa shape index (κ1) is 15.8. The number of benzene rings is 2. The van der Waals surface area contributed by atoms with Gasteiger partial charge in [0.05, 0.1) is 17.0 Å². The highest BCUT2D eigenvalue weighted by atomic mass is 16.4. The van der Waals surface area contributed by atoms with E-state index in [0.29, 0.717) is 12.0 Å². The van der Waals surface area contributed by atoms with Gasteiger partial charge in [-0.15, -0.1) is 0 Å². The second-order valence-corrected chi connectivity index (χ2v) is 5.68. The number of aromatic amines is 1. The van der Waals surface area contributed by atoms with Crippen molar-refractivity contribution in [2.24, 2.45) is 5.92 Å². The molecule has 0 aliphatic rings.